The maximum atomic E-state index is 12.8. The highest BCUT2D eigenvalue weighted by molar-refractivity contribution is 5.91. The van der Waals surface area contributed by atoms with Gasteiger partial charge < -0.3 is 4.74 Å². The molecular weight excluding hydrogens is 305 g/mol. The van der Waals surface area contributed by atoms with E-state index in [1.54, 1.807) is 0 Å². The fourth-order valence-corrected chi connectivity index (χ4v) is 1.47. The molecule has 0 saturated heterocycles. The van der Waals surface area contributed by atoms with Crippen molar-refractivity contribution in [3.63, 3.8) is 0 Å². The van der Waals surface area contributed by atoms with Gasteiger partial charge in [-0.1, -0.05) is 27.7 Å². The monoisotopic (exact) mass is 325 g/mol. The first-order valence-corrected chi connectivity index (χ1v) is 7.11. The number of ether oxygens (including phenoxy) is 1. The standard InChI is InChI=1S/C11H8FN3O4.2C2H6/c1-19-11(16)10-9(15(17)18)6-14(13-10)8-4-2-7(12)3-5-8;2*1-2/h2-6H,1H3;2*1-2H3. The van der Waals surface area contributed by atoms with Crippen LogP contribution in [0.1, 0.15) is 38.2 Å². The summed E-state index contributed by atoms with van der Waals surface area (Å²) in [6.07, 6.45) is 1.07. The lowest BCUT2D eigenvalue weighted by Gasteiger charge is -1.99. The summed E-state index contributed by atoms with van der Waals surface area (Å²) in [4.78, 5) is 21.5. The Bertz CT molecular complexity index is 639. The van der Waals surface area contributed by atoms with Crippen LogP contribution in [0.5, 0.6) is 0 Å². The first kappa shape index (κ1) is 20.2. The van der Waals surface area contributed by atoms with Crippen molar-refractivity contribution in [3.8, 4) is 5.69 Å². The zero-order valence-electron chi connectivity index (χ0n) is 13.7. The van der Waals surface area contributed by atoms with Gasteiger partial charge in [-0.05, 0) is 24.3 Å². The summed E-state index contributed by atoms with van der Waals surface area (Å²) in [6, 6.07) is 5.13. The minimum atomic E-state index is -0.910. The maximum Gasteiger partial charge on any atom is 0.365 e. The second-order valence-electron chi connectivity index (χ2n) is 3.53. The highest BCUT2D eigenvalue weighted by atomic mass is 19.1. The molecule has 0 unspecified atom stereocenters. The fraction of sp³-hybridized carbons (Fsp3) is 0.333. The summed E-state index contributed by atoms with van der Waals surface area (Å²) in [5.41, 5.74) is -0.493. The maximum absolute atomic E-state index is 12.8. The lowest BCUT2D eigenvalue weighted by molar-refractivity contribution is -0.385. The molecule has 0 N–H and O–H groups in total. The van der Waals surface area contributed by atoms with Crippen LogP contribution in [0, 0.1) is 15.9 Å². The molecule has 8 heteroatoms. The molecule has 0 spiro atoms. The molecule has 0 radical (unpaired) electrons. The van der Waals surface area contributed by atoms with E-state index in [9.17, 15) is 19.3 Å². The third kappa shape index (κ3) is 5.17. The Morgan fingerprint density at radius 1 is 1.22 bits per heavy atom. The number of nitrogens with zero attached hydrogens (tertiary/aromatic N) is 3. The topological polar surface area (TPSA) is 87.3 Å². The van der Waals surface area contributed by atoms with Gasteiger partial charge in [-0.3, -0.25) is 10.1 Å². The van der Waals surface area contributed by atoms with Gasteiger partial charge in [-0.25, -0.2) is 13.9 Å². The van der Waals surface area contributed by atoms with E-state index < -0.39 is 28.1 Å². The molecule has 0 bridgehead atoms. The largest absolute Gasteiger partial charge is 0.464 e. The van der Waals surface area contributed by atoms with E-state index in [-0.39, 0.29) is 0 Å². The number of methoxy groups -OCH3 is 1. The molecule has 0 aliphatic rings. The average Bonchev–Trinajstić information content (AvgIpc) is 3.04. The van der Waals surface area contributed by atoms with E-state index in [2.05, 4.69) is 9.84 Å². The minimum Gasteiger partial charge on any atom is -0.464 e. The van der Waals surface area contributed by atoms with E-state index in [1.807, 2.05) is 27.7 Å². The van der Waals surface area contributed by atoms with E-state index in [0.29, 0.717) is 5.69 Å². The van der Waals surface area contributed by atoms with E-state index in [0.717, 1.165) is 18.0 Å². The van der Waals surface area contributed by atoms with Crippen molar-refractivity contribution < 1.29 is 18.8 Å². The molecule has 23 heavy (non-hydrogen) atoms. The van der Waals surface area contributed by atoms with Gasteiger partial charge in [0, 0.05) is 0 Å². The minimum absolute atomic E-state index is 0.389. The number of aromatic nitrogens is 2. The van der Waals surface area contributed by atoms with Crippen LogP contribution >= 0.6 is 0 Å². The quantitative estimate of drug-likeness (QED) is 0.487. The smallest absolute Gasteiger partial charge is 0.365 e. The first-order valence-electron chi connectivity index (χ1n) is 7.11. The SMILES string of the molecule is CC.CC.COC(=O)c1nn(-c2ccc(F)cc2)cc1[N+](=O)[O-]. The number of nitro groups is 1. The van der Waals surface area contributed by atoms with Crippen LogP contribution in [0.3, 0.4) is 0 Å². The lowest BCUT2D eigenvalue weighted by atomic mass is 10.3. The van der Waals surface area contributed by atoms with Crippen LogP contribution in [0.25, 0.3) is 5.69 Å². The van der Waals surface area contributed by atoms with Gasteiger partial charge >= 0.3 is 11.7 Å². The molecule has 2 rings (SSSR count). The first-order chi connectivity index (χ1) is 11.0. The molecule has 1 aromatic heterocycles. The van der Waals surface area contributed by atoms with Crippen LogP contribution in [0.15, 0.2) is 30.5 Å². The van der Waals surface area contributed by atoms with E-state index in [4.69, 9.17) is 0 Å². The molecule has 0 atom stereocenters. The van der Waals surface area contributed by atoms with Crippen LogP contribution in [0.4, 0.5) is 10.1 Å². The van der Waals surface area contributed by atoms with Gasteiger partial charge in [0.1, 0.15) is 12.0 Å². The molecule has 1 heterocycles. The van der Waals surface area contributed by atoms with Crippen LogP contribution in [0.2, 0.25) is 0 Å². The molecule has 2 aromatic rings. The molecule has 7 nitrogen and oxygen atoms in total. The molecule has 0 saturated carbocycles. The Balaban J connectivity index is 0.00000112. The van der Waals surface area contributed by atoms with Crippen LogP contribution in [-0.4, -0.2) is 27.8 Å². The molecule has 0 aliphatic heterocycles. The molecular formula is C15H20FN3O4. The summed E-state index contributed by atoms with van der Waals surface area (Å²) in [7, 11) is 1.10. The van der Waals surface area contributed by atoms with Crippen molar-refractivity contribution in [3.05, 3.63) is 52.1 Å². The van der Waals surface area contributed by atoms with Crippen molar-refractivity contribution in [2.24, 2.45) is 0 Å². The van der Waals surface area contributed by atoms with Crippen LogP contribution < -0.4 is 0 Å². The van der Waals surface area contributed by atoms with Gasteiger partial charge in [0.2, 0.25) is 5.69 Å². The van der Waals surface area contributed by atoms with Crippen molar-refractivity contribution in [2.45, 2.75) is 27.7 Å². The highest BCUT2D eigenvalue weighted by Crippen LogP contribution is 2.20. The van der Waals surface area contributed by atoms with Crippen molar-refractivity contribution >= 4 is 11.7 Å². The summed E-state index contributed by atoms with van der Waals surface area (Å²) in [5, 5.41) is 14.6. The molecule has 0 fully saturated rings. The van der Waals surface area contributed by atoms with Crippen molar-refractivity contribution in [1.82, 2.24) is 9.78 Å². The number of carbonyl (C=O) groups excluding carboxylic acids is 1. The fourth-order valence-electron chi connectivity index (χ4n) is 1.47. The number of carbonyl (C=O) groups is 1. The normalized spacial score (nSPS) is 8.96. The summed E-state index contributed by atoms with van der Waals surface area (Å²) < 4.78 is 18.3. The number of halogens is 1. The number of hydrogen-bond acceptors (Lipinski definition) is 5. The molecule has 1 aromatic carbocycles. The number of esters is 1. The second kappa shape index (κ2) is 10.0. The van der Waals surface area contributed by atoms with Crippen molar-refractivity contribution in [1.29, 1.82) is 0 Å². The third-order valence-corrected chi connectivity index (χ3v) is 2.36. The van der Waals surface area contributed by atoms with Gasteiger partial charge in [-0.15, -0.1) is 0 Å². The summed E-state index contributed by atoms with van der Waals surface area (Å²) in [5.74, 6) is -1.36. The molecule has 126 valence electrons. The van der Waals surface area contributed by atoms with Crippen LogP contribution in [-0.2, 0) is 4.74 Å². The Hall–Kier alpha value is -2.77. The van der Waals surface area contributed by atoms with Gasteiger partial charge in [0.15, 0.2) is 0 Å². The Morgan fingerprint density at radius 3 is 2.17 bits per heavy atom. The summed E-state index contributed by atoms with van der Waals surface area (Å²) in [6.45, 7) is 8.00. The Morgan fingerprint density at radius 2 is 1.74 bits per heavy atom. The lowest BCUT2D eigenvalue weighted by Crippen LogP contribution is -2.06. The molecule has 0 aliphatic carbocycles. The predicted molar refractivity (Wildman–Crippen MR) is 84.2 cm³/mol. The Labute approximate surface area is 133 Å². The van der Waals surface area contributed by atoms with Gasteiger partial charge in [0.05, 0.1) is 17.7 Å². The van der Waals surface area contributed by atoms with Crippen molar-refractivity contribution in [2.75, 3.05) is 7.11 Å². The predicted octanol–water partition coefficient (Wildman–Crippen LogP) is 3.76. The summed E-state index contributed by atoms with van der Waals surface area (Å²) >= 11 is 0. The third-order valence-electron chi connectivity index (χ3n) is 2.36. The van der Waals surface area contributed by atoms with E-state index in [1.165, 1.54) is 24.3 Å². The second-order valence-corrected chi connectivity index (χ2v) is 3.53. The van der Waals surface area contributed by atoms with Gasteiger partial charge in [-0.2, -0.15) is 5.10 Å². The number of benzene rings is 1. The van der Waals surface area contributed by atoms with Gasteiger partial charge in [0.25, 0.3) is 0 Å². The zero-order chi connectivity index (χ0) is 18.0. The number of rotatable bonds is 3. The average molecular weight is 325 g/mol. The number of hydrogen-bond donors (Lipinski definition) is 0. The molecule has 0 amide bonds. The zero-order valence-corrected chi connectivity index (χ0v) is 13.7. The van der Waals surface area contributed by atoms with E-state index >= 15 is 0 Å². The highest BCUT2D eigenvalue weighted by Gasteiger charge is 2.26. The Kier molecular flexibility index (Phi) is 8.83.